The first-order chi connectivity index (χ1) is 15.5. The Kier molecular flexibility index (Phi) is 7.42. The van der Waals surface area contributed by atoms with E-state index in [9.17, 15) is 0 Å². The highest BCUT2D eigenvalue weighted by molar-refractivity contribution is 6.30. The largest absolute Gasteiger partial charge is 0.493 e. The number of methoxy groups -OCH3 is 2. The second-order valence-electron chi connectivity index (χ2n) is 7.84. The lowest BCUT2D eigenvalue weighted by atomic mass is 10.1. The maximum atomic E-state index is 5.96. The third-order valence-corrected chi connectivity index (χ3v) is 5.40. The summed E-state index contributed by atoms with van der Waals surface area (Å²) < 4.78 is 17.0. The number of likely N-dealkylation sites (N-methyl/N-ethyl adjacent to an activating group) is 1. The van der Waals surface area contributed by atoms with Crippen molar-refractivity contribution in [2.75, 3.05) is 41.5 Å². The zero-order chi connectivity index (χ0) is 22.8. The fourth-order valence-corrected chi connectivity index (χ4v) is 3.73. The molecule has 0 spiro atoms. The van der Waals surface area contributed by atoms with Gasteiger partial charge in [0.15, 0.2) is 17.6 Å². The molecule has 33 heavy (non-hydrogen) atoms. The van der Waals surface area contributed by atoms with Crippen LogP contribution in [0.15, 0.2) is 35.5 Å². The van der Waals surface area contributed by atoms with Crippen molar-refractivity contribution in [2.24, 2.45) is 5.16 Å². The molecule has 1 aromatic heterocycles. The smallest absolute Gasteiger partial charge is 0.184 e. The molecule has 1 atom stereocenters. The molecule has 0 saturated carbocycles. The number of benzene rings is 2. The van der Waals surface area contributed by atoms with Gasteiger partial charge in [-0.1, -0.05) is 11.1 Å². The van der Waals surface area contributed by atoms with Crippen molar-refractivity contribution in [3.63, 3.8) is 0 Å². The minimum atomic E-state index is -0.453. The molecule has 0 aliphatic heterocycles. The van der Waals surface area contributed by atoms with Gasteiger partial charge in [0, 0.05) is 34.1 Å². The van der Waals surface area contributed by atoms with Crippen LogP contribution in [-0.2, 0) is 4.84 Å². The van der Waals surface area contributed by atoms with Crippen molar-refractivity contribution in [3.8, 4) is 40.8 Å². The number of fused-ring (bicyclic) bond motifs is 5. The van der Waals surface area contributed by atoms with Crippen molar-refractivity contribution >= 4 is 29.0 Å². The summed E-state index contributed by atoms with van der Waals surface area (Å²) in [5.41, 5.74) is 5.39. The van der Waals surface area contributed by atoms with E-state index < -0.39 is 6.10 Å². The molecule has 0 bridgehead atoms. The van der Waals surface area contributed by atoms with Gasteiger partial charge in [0.2, 0.25) is 0 Å². The highest BCUT2D eigenvalue weighted by Crippen LogP contribution is 2.46. The number of aromatic amines is 1. The minimum absolute atomic E-state index is 0. The van der Waals surface area contributed by atoms with E-state index in [2.05, 4.69) is 21.0 Å². The molecule has 1 N–H and O–H groups in total. The van der Waals surface area contributed by atoms with Gasteiger partial charge in [-0.3, -0.25) is 0 Å². The number of hydrogen-bond donors (Lipinski definition) is 1. The van der Waals surface area contributed by atoms with Gasteiger partial charge >= 0.3 is 0 Å². The molecule has 0 fully saturated rings. The summed E-state index contributed by atoms with van der Waals surface area (Å²) in [6, 6.07) is 9.87. The number of oxime groups is 1. The quantitative estimate of drug-likeness (QED) is 0.307. The van der Waals surface area contributed by atoms with Gasteiger partial charge in [-0.25, -0.2) is 0 Å². The van der Waals surface area contributed by atoms with Crippen LogP contribution in [0.5, 0.6) is 17.2 Å². The molecule has 0 amide bonds. The lowest BCUT2D eigenvalue weighted by Gasteiger charge is -2.12. The average molecular weight is 470 g/mol. The summed E-state index contributed by atoms with van der Waals surface area (Å²) in [5.74, 6) is 4.60. The van der Waals surface area contributed by atoms with Crippen LogP contribution in [-0.4, -0.2) is 63.2 Å². The van der Waals surface area contributed by atoms with Crippen LogP contribution in [0.2, 0.25) is 0 Å². The van der Waals surface area contributed by atoms with Crippen molar-refractivity contribution < 1.29 is 19.0 Å². The molecule has 2 aromatic carbocycles. The van der Waals surface area contributed by atoms with Gasteiger partial charge in [-0.2, -0.15) is 0 Å². The molecule has 1 aliphatic carbocycles. The molecule has 3 aromatic rings. The van der Waals surface area contributed by atoms with Crippen LogP contribution in [0.4, 0.5) is 0 Å². The number of halogens is 1. The Balaban J connectivity index is 0.00000306. The molecular weight excluding hydrogens is 442 g/mol. The summed E-state index contributed by atoms with van der Waals surface area (Å²) in [4.78, 5) is 11.2. The highest BCUT2D eigenvalue weighted by atomic mass is 35.5. The highest BCUT2D eigenvalue weighted by Gasteiger charge is 2.32. The standard InChI is InChI=1S/C25H27N3O4.ClH/c1-7-15(2)32-27-25-18-14-22(30-6)21(29-5)13-17(18)24-23(25)19-12-16(8-9-20(19)26-24)31-11-10-28(3)4;/h1,8-9,12-15,26H,10-11H2,2-6H3;1H/t15-;/m1./s1. The fraction of sp³-hybridized carbons (Fsp3) is 0.320. The number of ether oxygens (including phenoxy) is 3. The van der Waals surface area contributed by atoms with E-state index >= 15 is 0 Å². The number of H-pyrrole nitrogens is 1. The van der Waals surface area contributed by atoms with E-state index in [0.29, 0.717) is 23.8 Å². The molecule has 0 saturated heterocycles. The van der Waals surface area contributed by atoms with Crippen LogP contribution in [0.25, 0.3) is 22.2 Å². The minimum Gasteiger partial charge on any atom is -0.493 e. The Hall–Kier alpha value is -3.34. The molecule has 4 rings (SSSR count). The van der Waals surface area contributed by atoms with Gasteiger partial charge in [0.05, 0.1) is 19.9 Å². The molecule has 8 heteroatoms. The van der Waals surface area contributed by atoms with Crippen LogP contribution in [0.3, 0.4) is 0 Å². The van der Waals surface area contributed by atoms with E-state index in [1.807, 2.05) is 44.4 Å². The lowest BCUT2D eigenvalue weighted by Crippen LogP contribution is -2.19. The maximum absolute atomic E-state index is 5.96. The first-order valence-electron chi connectivity index (χ1n) is 10.4. The predicted octanol–water partition coefficient (Wildman–Crippen LogP) is 4.32. The Labute approximate surface area is 200 Å². The van der Waals surface area contributed by atoms with Crippen molar-refractivity contribution in [1.29, 1.82) is 0 Å². The summed E-state index contributed by atoms with van der Waals surface area (Å²) in [5, 5.41) is 5.45. The van der Waals surface area contributed by atoms with Gasteiger partial charge in [0.1, 0.15) is 18.1 Å². The topological polar surface area (TPSA) is 68.3 Å². The molecule has 0 unspecified atom stereocenters. The lowest BCUT2D eigenvalue weighted by molar-refractivity contribution is 0.113. The van der Waals surface area contributed by atoms with Crippen LogP contribution >= 0.6 is 12.4 Å². The molecule has 174 valence electrons. The SMILES string of the molecule is C#C[C@@H](C)ON=C1c2cc(OC)c(OC)cc2-c2[nH]c3ccc(OCCN(C)C)cc3c21.Cl. The number of nitrogens with zero attached hydrogens (tertiary/aromatic N) is 2. The first-order valence-corrected chi connectivity index (χ1v) is 10.4. The van der Waals surface area contributed by atoms with Gasteiger partial charge < -0.3 is 28.9 Å². The fourth-order valence-electron chi connectivity index (χ4n) is 3.73. The predicted molar refractivity (Wildman–Crippen MR) is 133 cm³/mol. The molecular formula is C25H28ClN3O4. The van der Waals surface area contributed by atoms with Crippen molar-refractivity contribution in [2.45, 2.75) is 13.0 Å². The number of hydrogen-bond acceptors (Lipinski definition) is 6. The first kappa shape index (κ1) is 24.3. The summed E-state index contributed by atoms with van der Waals surface area (Å²) in [6.07, 6.45) is 5.03. The molecule has 1 heterocycles. The summed E-state index contributed by atoms with van der Waals surface area (Å²) in [7, 11) is 7.27. The van der Waals surface area contributed by atoms with E-state index in [-0.39, 0.29) is 12.4 Å². The zero-order valence-corrected chi connectivity index (χ0v) is 20.2. The Bertz CT molecular complexity index is 1230. The Morgan fingerprint density at radius 3 is 2.42 bits per heavy atom. The van der Waals surface area contributed by atoms with E-state index in [4.69, 9.17) is 25.5 Å². The van der Waals surface area contributed by atoms with E-state index in [0.717, 1.165) is 45.6 Å². The van der Waals surface area contributed by atoms with Gasteiger partial charge in [0.25, 0.3) is 0 Å². The second-order valence-corrected chi connectivity index (χ2v) is 7.84. The average Bonchev–Trinajstić information content (AvgIpc) is 3.30. The third-order valence-electron chi connectivity index (χ3n) is 5.40. The summed E-state index contributed by atoms with van der Waals surface area (Å²) in [6.45, 7) is 3.21. The monoisotopic (exact) mass is 469 g/mol. The molecule has 0 radical (unpaired) electrons. The van der Waals surface area contributed by atoms with E-state index in [1.54, 1.807) is 21.1 Å². The van der Waals surface area contributed by atoms with Crippen LogP contribution in [0.1, 0.15) is 18.1 Å². The van der Waals surface area contributed by atoms with Crippen LogP contribution < -0.4 is 14.2 Å². The Morgan fingerprint density at radius 2 is 1.79 bits per heavy atom. The van der Waals surface area contributed by atoms with E-state index in [1.165, 1.54) is 0 Å². The summed E-state index contributed by atoms with van der Waals surface area (Å²) >= 11 is 0. The second kappa shape index (κ2) is 10.1. The maximum Gasteiger partial charge on any atom is 0.184 e. The third kappa shape index (κ3) is 4.58. The number of aromatic nitrogens is 1. The van der Waals surface area contributed by atoms with Crippen molar-refractivity contribution in [1.82, 2.24) is 9.88 Å². The Morgan fingerprint density at radius 1 is 1.09 bits per heavy atom. The number of rotatable bonds is 8. The molecule has 7 nitrogen and oxygen atoms in total. The normalized spacial score (nSPS) is 13.8. The van der Waals surface area contributed by atoms with Crippen molar-refractivity contribution in [3.05, 3.63) is 41.5 Å². The van der Waals surface area contributed by atoms with Gasteiger partial charge in [-0.05, 0) is 51.4 Å². The van der Waals surface area contributed by atoms with Crippen LogP contribution in [0, 0.1) is 12.3 Å². The van der Waals surface area contributed by atoms with Gasteiger partial charge in [-0.15, -0.1) is 18.8 Å². The zero-order valence-electron chi connectivity index (χ0n) is 19.4. The number of nitrogens with one attached hydrogen (secondary N) is 1. The molecule has 1 aliphatic rings. The number of terminal acetylenes is 1.